The number of fused-ring (bicyclic) bond motifs is 1. The zero-order valence-electron chi connectivity index (χ0n) is 6.21. The summed E-state index contributed by atoms with van der Waals surface area (Å²) in [5, 5.41) is 14.8. The molecular weight excluding hydrogens is 158 g/mol. The van der Waals surface area contributed by atoms with Gasteiger partial charge in [-0.1, -0.05) is 0 Å². The predicted octanol–water partition coefficient (Wildman–Crippen LogP) is 0.927. The molecule has 2 rings (SSSR count). The molecule has 60 valence electrons. The van der Waals surface area contributed by atoms with Crippen molar-refractivity contribution in [2.75, 3.05) is 13.1 Å². The molecule has 2 nitrogen and oxygen atoms in total. The Labute approximate surface area is 69.9 Å². The third kappa shape index (κ3) is 1.31. The Hall–Kier alpha value is -0.380. The lowest BCUT2D eigenvalue weighted by Gasteiger charge is -2.05. The first-order valence-electron chi connectivity index (χ1n) is 3.83. The smallest absolute Gasteiger partial charge is 0.0925 e. The van der Waals surface area contributed by atoms with Gasteiger partial charge in [-0.2, -0.15) is 0 Å². The van der Waals surface area contributed by atoms with Crippen LogP contribution in [0.3, 0.4) is 0 Å². The van der Waals surface area contributed by atoms with E-state index in [0.717, 1.165) is 18.5 Å². The average molecular weight is 169 g/mol. The largest absolute Gasteiger partial charge is 0.387 e. The molecule has 1 atom stereocenters. The molecule has 0 bridgehead atoms. The number of rotatable bonds is 0. The van der Waals surface area contributed by atoms with E-state index >= 15 is 0 Å². The van der Waals surface area contributed by atoms with E-state index in [-0.39, 0.29) is 6.10 Å². The summed E-state index contributed by atoms with van der Waals surface area (Å²) in [6, 6.07) is 2.03. The summed E-state index contributed by atoms with van der Waals surface area (Å²) in [6.45, 7) is 1.69. The number of nitrogens with one attached hydrogen (secondary N) is 1. The summed E-state index contributed by atoms with van der Waals surface area (Å²) in [5.74, 6) is 0. The standard InChI is InChI=1S/C8H11NOS/c10-7-5-9-3-1-8-6(7)2-4-11-8/h2,4,7,9-10H,1,3,5H2/t7-/m1/s1. The van der Waals surface area contributed by atoms with Gasteiger partial charge in [0.05, 0.1) is 6.10 Å². The zero-order chi connectivity index (χ0) is 7.68. The number of β-amino-alcohol motifs (C(OH)–C–C–N with tert-alkyl or cyclic N) is 1. The van der Waals surface area contributed by atoms with Crippen LogP contribution in [0.25, 0.3) is 0 Å². The summed E-state index contributed by atoms with van der Waals surface area (Å²) < 4.78 is 0. The predicted molar refractivity (Wildman–Crippen MR) is 45.9 cm³/mol. The van der Waals surface area contributed by atoms with Gasteiger partial charge in [0.2, 0.25) is 0 Å². The van der Waals surface area contributed by atoms with Crippen LogP contribution < -0.4 is 5.32 Å². The molecular formula is C8H11NOS. The molecule has 0 aliphatic carbocycles. The van der Waals surface area contributed by atoms with Crippen molar-refractivity contribution in [2.24, 2.45) is 0 Å². The van der Waals surface area contributed by atoms with E-state index in [2.05, 4.69) is 10.7 Å². The molecule has 0 saturated heterocycles. The summed E-state index contributed by atoms with van der Waals surface area (Å²) in [6.07, 6.45) is 0.767. The molecule has 11 heavy (non-hydrogen) atoms. The lowest BCUT2D eigenvalue weighted by atomic mass is 10.1. The van der Waals surface area contributed by atoms with Crippen molar-refractivity contribution in [3.8, 4) is 0 Å². The summed E-state index contributed by atoms with van der Waals surface area (Å²) >= 11 is 1.74. The molecule has 2 heterocycles. The number of thiophene rings is 1. The maximum atomic E-state index is 9.57. The van der Waals surface area contributed by atoms with Gasteiger partial charge in [0.15, 0.2) is 0 Å². The summed E-state index contributed by atoms with van der Waals surface area (Å²) in [5.41, 5.74) is 1.13. The van der Waals surface area contributed by atoms with Gasteiger partial charge in [0.1, 0.15) is 0 Å². The molecule has 0 amide bonds. The van der Waals surface area contributed by atoms with Crippen molar-refractivity contribution >= 4 is 11.3 Å². The van der Waals surface area contributed by atoms with Gasteiger partial charge in [-0.05, 0) is 23.4 Å². The van der Waals surface area contributed by atoms with Crippen LogP contribution in [0, 0.1) is 0 Å². The number of hydrogen-bond donors (Lipinski definition) is 2. The molecule has 0 saturated carbocycles. The van der Waals surface area contributed by atoms with Gasteiger partial charge in [-0.15, -0.1) is 11.3 Å². The highest BCUT2D eigenvalue weighted by Crippen LogP contribution is 2.25. The summed E-state index contributed by atoms with van der Waals surface area (Å²) in [7, 11) is 0. The highest BCUT2D eigenvalue weighted by atomic mass is 32.1. The highest BCUT2D eigenvalue weighted by molar-refractivity contribution is 7.10. The van der Waals surface area contributed by atoms with Gasteiger partial charge in [-0.3, -0.25) is 0 Å². The molecule has 0 radical (unpaired) electrons. The Morgan fingerprint density at radius 3 is 3.45 bits per heavy atom. The van der Waals surface area contributed by atoms with Crippen molar-refractivity contribution in [3.63, 3.8) is 0 Å². The maximum absolute atomic E-state index is 9.57. The minimum absolute atomic E-state index is 0.293. The fourth-order valence-electron chi connectivity index (χ4n) is 1.40. The van der Waals surface area contributed by atoms with Gasteiger partial charge < -0.3 is 10.4 Å². The first kappa shape index (κ1) is 7.28. The molecule has 1 aliphatic heterocycles. The Balaban J connectivity index is 2.34. The van der Waals surface area contributed by atoms with E-state index in [4.69, 9.17) is 0 Å². The monoisotopic (exact) mass is 169 g/mol. The molecule has 1 aromatic rings. The Morgan fingerprint density at radius 1 is 1.64 bits per heavy atom. The van der Waals surface area contributed by atoms with Gasteiger partial charge in [0.25, 0.3) is 0 Å². The van der Waals surface area contributed by atoms with Crippen LogP contribution in [0.2, 0.25) is 0 Å². The molecule has 3 heteroatoms. The van der Waals surface area contributed by atoms with Crippen LogP contribution in [-0.2, 0) is 6.42 Å². The van der Waals surface area contributed by atoms with E-state index in [1.54, 1.807) is 11.3 Å². The van der Waals surface area contributed by atoms with Crippen LogP contribution >= 0.6 is 11.3 Å². The Bertz CT molecular complexity index is 246. The number of hydrogen-bond acceptors (Lipinski definition) is 3. The zero-order valence-corrected chi connectivity index (χ0v) is 7.03. The van der Waals surface area contributed by atoms with E-state index < -0.39 is 0 Å². The van der Waals surface area contributed by atoms with Crippen molar-refractivity contribution in [2.45, 2.75) is 12.5 Å². The Kier molecular flexibility index (Phi) is 1.94. The van der Waals surface area contributed by atoms with E-state index in [0.29, 0.717) is 6.54 Å². The third-order valence-corrected chi connectivity index (χ3v) is 3.00. The van der Waals surface area contributed by atoms with E-state index in [9.17, 15) is 5.11 Å². The fourth-order valence-corrected chi connectivity index (χ4v) is 2.34. The second kappa shape index (κ2) is 2.93. The van der Waals surface area contributed by atoms with Crippen LogP contribution in [0.5, 0.6) is 0 Å². The lowest BCUT2D eigenvalue weighted by Crippen LogP contribution is -2.19. The summed E-state index contributed by atoms with van der Waals surface area (Å²) in [4.78, 5) is 1.34. The number of aliphatic hydroxyl groups is 1. The minimum atomic E-state index is -0.293. The van der Waals surface area contributed by atoms with Crippen molar-refractivity contribution in [3.05, 3.63) is 21.9 Å². The fraction of sp³-hybridized carbons (Fsp3) is 0.500. The normalized spacial score (nSPS) is 24.3. The molecule has 0 fully saturated rings. The second-order valence-electron chi connectivity index (χ2n) is 2.77. The van der Waals surface area contributed by atoms with Crippen molar-refractivity contribution in [1.29, 1.82) is 0 Å². The molecule has 0 unspecified atom stereocenters. The average Bonchev–Trinajstić information content (AvgIpc) is 2.40. The first-order valence-corrected chi connectivity index (χ1v) is 4.71. The molecule has 0 spiro atoms. The van der Waals surface area contributed by atoms with Crippen LogP contribution in [0.15, 0.2) is 11.4 Å². The Morgan fingerprint density at radius 2 is 2.55 bits per heavy atom. The molecule has 2 N–H and O–H groups in total. The molecule has 0 aromatic carbocycles. The highest BCUT2D eigenvalue weighted by Gasteiger charge is 2.15. The minimum Gasteiger partial charge on any atom is -0.387 e. The topological polar surface area (TPSA) is 32.3 Å². The van der Waals surface area contributed by atoms with Crippen molar-refractivity contribution in [1.82, 2.24) is 5.32 Å². The van der Waals surface area contributed by atoms with E-state index in [1.807, 2.05) is 6.07 Å². The van der Waals surface area contributed by atoms with Gasteiger partial charge >= 0.3 is 0 Å². The van der Waals surface area contributed by atoms with Crippen molar-refractivity contribution < 1.29 is 5.11 Å². The SMILES string of the molecule is O[C@@H]1CNCCc2sccc21. The maximum Gasteiger partial charge on any atom is 0.0925 e. The first-order chi connectivity index (χ1) is 5.38. The van der Waals surface area contributed by atoms with Crippen LogP contribution in [-0.4, -0.2) is 18.2 Å². The second-order valence-corrected chi connectivity index (χ2v) is 3.77. The van der Waals surface area contributed by atoms with E-state index in [1.165, 1.54) is 4.88 Å². The third-order valence-electron chi connectivity index (χ3n) is 2.01. The quantitative estimate of drug-likeness (QED) is 0.605. The van der Waals surface area contributed by atoms with Gasteiger partial charge in [-0.25, -0.2) is 0 Å². The molecule has 1 aromatic heterocycles. The van der Waals surface area contributed by atoms with Crippen LogP contribution in [0.1, 0.15) is 16.5 Å². The van der Waals surface area contributed by atoms with Gasteiger partial charge in [0, 0.05) is 18.0 Å². The van der Waals surface area contributed by atoms with Crippen LogP contribution in [0.4, 0.5) is 0 Å². The molecule has 1 aliphatic rings. The lowest BCUT2D eigenvalue weighted by molar-refractivity contribution is 0.178. The number of aliphatic hydroxyl groups excluding tert-OH is 1.